The van der Waals surface area contributed by atoms with Gasteiger partial charge in [0.2, 0.25) is 5.91 Å². The topological polar surface area (TPSA) is 70.7 Å². The molecule has 0 aliphatic heterocycles. The number of nitrogens with one attached hydrogen (secondary N) is 2. The maximum absolute atomic E-state index is 12.2. The average Bonchev–Trinajstić information content (AvgIpc) is 3.32. The molecule has 0 unspecified atom stereocenters. The minimum absolute atomic E-state index is 0.0559. The first kappa shape index (κ1) is 16.0. The van der Waals surface area contributed by atoms with Crippen LogP contribution in [0.5, 0.6) is 0 Å². The second-order valence-corrected chi connectivity index (χ2v) is 7.58. The van der Waals surface area contributed by atoms with Crippen LogP contribution in [0.1, 0.15) is 17.1 Å². The molecule has 5 nitrogen and oxygen atoms in total. The number of imidazole rings is 1. The smallest absolute Gasteiger partial charge is 0.226 e. The van der Waals surface area contributed by atoms with Crippen molar-refractivity contribution >= 4 is 39.6 Å². The standard InChI is InChI=1S/C18H16N4OS2/c1-11-4-5-13-14(7-11)22-16(21-13)9-19-17(23)8-12-10-25-18(20-12)15-3-2-6-24-15/h2-7,10H,8-9H2,1H3,(H,19,23)(H,21,22). The van der Waals surface area contributed by atoms with Crippen molar-refractivity contribution in [1.82, 2.24) is 20.3 Å². The zero-order chi connectivity index (χ0) is 17.2. The van der Waals surface area contributed by atoms with E-state index in [-0.39, 0.29) is 12.3 Å². The fraction of sp³-hybridized carbons (Fsp3) is 0.167. The molecule has 0 fully saturated rings. The zero-order valence-electron chi connectivity index (χ0n) is 13.6. The van der Waals surface area contributed by atoms with Crippen LogP contribution in [-0.2, 0) is 17.8 Å². The minimum atomic E-state index is -0.0559. The molecule has 1 amide bonds. The van der Waals surface area contributed by atoms with Crippen molar-refractivity contribution in [2.75, 3.05) is 0 Å². The van der Waals surface area contributed by atoms with Crippen LogP contribution in [0.4, 0.5) is 0 Å². The van der Waals surface area contributed by atoms with Crippen LogP contribution < -0.4 is 5.32 Å². The molecule has 0 atom stereocenters. The lowest BCUT2D eigenvalue weighted by atomic mass is 10.2. The summed E-state index contributed by atoms with van der Waals surface area (Å²) in [5, 5.41) is 7.83. The molecule has 0 aliphatic carbocycles. The average molecular weight is 368 g/mol. The molecule has 4 aromatic rings. The van der Waals surface area contributed by atoms with Crippen LogP contribution in [0.25, 0.3) is 20.9 Å². The molecular weight excluding hydrogens is 352 g/mol. The van der Waals surface area contributed by atoms with E-state index in [0.717, 1.165) is 32.4 Å². The Morgan fingerprint density at radius 3 is 3.00 bits per heavy atom. The first-order chi connectivity index (χ1) is 12.2. The van der Waals surface area contributed by atoms with Gasteiger partial charge in [-0.1, -0.05) is 12.1 Å². The Morgan fingerprint density at radius 1 is 1.24 bits per heavy atom. The number of thiazole rings is 1. The van der Waals surface area contributed by atoms with E-state index in [1.807, 2.05) is 41.9 Å². The molecule has 0 radical (unpaired) electrons. The lowest BCUT2D eigenvalue weighted by Crippen LogP contribution is -2.25. The van der Waals surface area contributed by atoms with E-state index in [2.05, 4.69) is 26.3 Å². The van der Waals surface area contributed by atoms with Gasteiger partial charge in [0.05, 0.1) is 34.6 Å². The fourth-order valence-corrected chi connectivity index (χ4v) is 4.20. The van der Waals surface area contributed by atoms with Gasteiger partial charge < -0.3 is 10.3 Å². The predicted octanol–water partition coefficient (Wildman–Crippen LogP) is 3.92. The molecule has 25 heavy (non-hydrogen) atoms. The van der Waals surface area contributed by atoms with Crippen molar-refractivity contribution in [1.29, 1.82) is 0 Å². The van der Waals surface area contributed by atoms with E-state index >= 15 is 0 Å². The molecule has 0 saturated heterocycles. The molecule has 3 aromatic heterocycles. The van der Waals surface area contributed by atoms with Gasteiger partial charge in [-0.25, -0.2) is 9.97 Å². The molecule has 0 aliphatic rings. The number of carbonyl (C=O) groups is 1. The summed E-state index contributed by atoms with van der Waals surface area (Å²) in [6, 6.07) is 10.1. The zero-order valence-corrected chi connectivity index (χ0v) is 15.2. The third-order valence-electron chi connectivity index (χ3n) is 3.76. The van der Waals surface area contributed by atoms with Gasteiger partial charge in [0.15, 0.2) is 0 Å². The van der Waals surface area contributed by atoms with E-state index in [0.29, 0.717) is 6.54 Å². The highest BCUT2D eigenvalue weighted by Crippen LogP contribution is 2.27. The van der Waals surface area contributed by atoms with Gasteiger partial charge in [0.1, 0.15) is 10.8 Å². The Hall–Kier alpha value is -2.51. The Labute approximate surface area is 152 Å². The predicted molar refractivity (Wildman–Crippen MR) is 102 cm³/mol. The van der Waals surface area contributed by atoms with Gasteiger partial charge in [-0.15, -0.1) is 22.7 Å². The summed E-state index contributed by atoms with van der Waals surface area (Å²) >= 11 is 3.22. The number of aromatic nitrogens is 3. The highest BCUT2D eigenvalue weighted by Gasteiger charge is 2.10. The monoisotopic (exact) mass is 368 g/mol. The minimum Gasteiger partial charge on any atom is -0.349 e. The Balaban J connectivity index is 1.37. The number of aromatic amines is 1. The molecule has 2 N–H and O–H groups in total. The SMILES string of the molecule is Cc1ccc2nc(CNC(=O)Cc3csc(-c4cccs4)n3)[nH]c2c1. The Bertz CT molecular complexity index is 1020. The summed E-state index contributed by atoms with van der Waals surface area (Å²) in [4.78, 5) is 25.6. The van der Waals surface area contributed by atoms with Crippen molar-refractivity contribution < 1.29 is 4.79 Å². The summed E-state index contributed by atoms with van der Waals surface area (Å²) in [5.41, 5.74) is 3.88. The lowest BCUT2D eigenvalue weighted by Gasteiger charge is -2.01. The van der Waals surface area contributed by atoms with E-state index in [1.165, 1.54) is 5.56 Å². The van der Waals surface area contributed by atoms with Crippen molar-refractivity contribution in [3.63, 3.8) is 0 Å². The van der Waals surface area contributed by atoms with Crippen LogP contribution in [0.3, 0.4) is 0 Å². The normalized spacial score (nSPS) is 11.1. The first-order valence-electron chi connectivity index (χ1n) is 7.87. The van der Waals surface area contributed by atoms with Crippen LogP contribution >= 0.6 is 22.7 Å². The summed E-state index contributed by atoms with van der Waals surface area (Å²) in [5.74, 6) is 0.700. The maximum Gasteiger partial charge on any atom is 0.226 e. The number of carbonyl (C=O) groups excluding carboxylic acids is 1. The number of amides is 1. The van der Waals surface area contributed by atoms with Gasteiger partial charge >= 0.3 is 0 Å². The number of hydrogen-bond donors (Lipinski definition) is 2. The molecule has 0 spiro atoms. The molecule has 0 bridgehead atoms. The molecule has 126 valence electrons. The van der Waals surface area contributed by atoms with Gasteiger partial charge in [-0.2, -0.15) is 0 Å². The summed E-state index contributed by atoms with van der Waals surface area (Å²) < 4.78 is 0. The van der Waals surface area contributed by atoms with E-state index < -0.39 is 0 Å². The van der Waals surface area contributed by atoms with Crippen LogP contribution in [0.2, 0.25) is 0 Å². The van der Waals surface area contributed by atoms with Gasteiger partial charge in [-0.05, 0) is 36.1 Å². The molecule has 7 heteroatoms. The summed E-state index contributed by atoms with van der Waals surface area (Å²) in [6.07, 6.45) is 0.279. The molecular formula is C18H16N4OS2. The van der Waals surface area contributed by atoms with Crippen molar-refractivity contribution in [3.05, 3.63) is 58.2 Å². The van der Waals surface area contributed by atoms with E-state index in [4.69, 9.17) is 0 Å². The number of hydrogen-bond acceptors (Lipinski definition) is 5. The third-order valence-corrected chi connectivity index (χ3v) is 5.69. The van der Waals surface area contributed by atoms with Gasteiger partial charge in [0.25, 0.3) is 0 Å². The number of rotatable bonds is 5. The second-order valence-electron chi connectivity index (χ2n) is 5.78. The van der Waals surface area contributed by atoms with Crippen molar-refractivity contribution in [2.24, 2.45) is 0 Å². The van der Waals surface area contributed by atoms with Crippen molar-refractivity contribution in [3.8, 4) is 9.88 Å². The Kier molecular flexibility index (Phi) is 4.33. The van der Waals surface area contributed by atoms with E-state index in [9.17, 15) is 4.79 Å². The quantitative estimate of drug-likeness (QED) is 0.561. The number of thiophene rings is 1. The van der Waals surface area contributed by atoms with E-state index in [1.54, 1.807) is 22.7 Å². The second kappa shape index (κ2) is 6.78. The van der Waals surface area contributed by atoms with Gasteiger partial charge in [0, 0.05) is 5.38 Å². The summed E-state index contributed by atoms with van der Waals surface area (Å²) in [6.45, 7) is 2.43. The van der Waals surface area contributed by atoms with Crippen molar-refractivity contribution in [2.45, 2.75) is 19.9 Å². The molecule has 0 saturated carbocycles. The largest absolute Gasteiger partial charge is 0.349 e. The third kappa shape index (κ3) is 3.62. The number of H-pyrrole nitrogens is 1. The number of nitrogens with zero attached hydrogens (tertiary/aromatic N) is 2. The first-order valence-corrected chi connectivity index (χ1v) is 9.63. The summed E-state index contributed by atoms with van der Waals surface area (Å²) in [7, 11) is 0. The number of aryl methyl sites for hydroxylation is 1. The number of benzene rings is 1. The van der Waals surface area contributed by atoms with Crippen LogP contribution in [0.15, 0.2) is 41.1 Å². The lowest BCUT2D eigenvalue weighted by molar-refractivity contribution is -0.120. The highest BCUT2D eigenvalue weighted by atomic mass is 32.1. The van der Waals surface area contributed by atoms with Crippen LogP contribution in [-0.4, -0.2) is 20.9 Å². The van der Waals surface area contributed by atoms with Crippen LogP contribution in [0, 0.1) is 6.92 Å². The Morgan fingerprint density at radius 2 is 2.16 bits per heavy atom. The molecule has 4 rings (SSSR count). The molecule has 3 heterocycles. The number of fused-ring (bicyclic) bond motifs is 1. The maximum atomic E-state index is 12.2. The molecule has 1 aromatic carbocycles. The highest BCUT2D eigenvalue weighted by molar-refractivity contribution is 7.20. The van der Waals surface area contributed by atoms with Gasteiger partial charge in [-0.3, -0.25) is 4.79 Å². The fourth-order valence-electron chi connectivity index (χ4n) is 2.57.